The molecule has 0 aliphatic rings. The fraction of sp³-hybridized carbons (Fsp3) is 0.154. The average molecular weight is 198 g/mol. The molecule has 0 unspecified atom stereocenters. The van der Waals surface area contributed by atoms with Crippen LogP contribution in [0.25, 0.3) is 16.7 Å². The largest absolute Gasteiger partial charge is 0.303 e. The number of benzene rings is 1. The second kappa shape index (κ2) is 4.13. The Balaban J connectivity index is 2.52. The summed E-state index contributed by atoms with van der Waals surface area (Å²) in [6.45, 7) is 4.09. The third kappa shape index (κ3) is 1.84. The Kier molecular flexibility index (Phi) is 2.68. The Hall–Kier alpha value is -1.83. The molecule has 1 aromatic heterocycles. The molecule has 2 nitrogen and oxygen atoms in total. The lowest BCUT2D eigenvalue weighted by Gasteiger charge is -2.02. The van der Waals surface area contributed by atoms with Gasteiger partial charge in [-0.3, -0.25) is 0 Å². The first-order valence-corrected chi connectivity index (χ1v) is 5.05. The quantitative estimate of drug-likeness (QED) is 0.675. The van der Waals surface area contributed by atoms with Gasteiger partial charge in [0.05, 0.1) is 11.0 Å². The highest BCUT2D eigenvalue weighted by Crippen LogP contribution is 2.16. The summed E-state index contributed by atoms with van der Waals surface area (Å²) in [5.41, 5.74) is 3.35. The van der Waals surface area contributed by atoms with Gasteiger partial charge in [-0.15, -0.1) is 0 Å². The molecule has 0 fully saturated rings. The van der Waals surface area contributed by atoms with Crippen molar-refractivity contribution >= 4 is 16.7 Å². The zero-order chi connectivity index (χ0) is 10.7. The Bertz CT molecular complexity index is 518. The summed E-state index contributed by atoms with van der Waals surface area (Å²) in [6.07, 6.45) is 7.99. The molecule has 1 heterocycles. The van der Waals surface area contributed by atoms with Crippen LogP contribution in [0.3, 0.4) is 0 Å². The van der Waals surface area contributed by atoms with Crippen molar-refractivity contribution in [3.05, 3.63) is 48.8 Å². The molecule has 0 saturated carbocycles. The van der Waals surface area contributed by atoms with E-state index in [0.29, 0.717) is 0 Å². The van der Waals surface area contributed by atoms with E-state index < -0.39 is 0 Å². The van der Waals surface area contributed by atoms with Crippen LogP contribution in [-0.2, 0) is 0 Å². The Morgan fingerprint density at radius 3 is 2.93 bits per heavy atom. The van der Waals surface area contributed by atoms with Crippen LogP contribution in [0.2, 0.25) is 0 Å². The first-order valence-electron chi connectivity index (χ1n) is 5.05. The molecule has 0 spiro atoms. The molecular weight excluding hydrogens is 184 g/mol. The standard InChI is InChI=1S/C13H14N2/c1-3-4-7-11(2)15-10-14-12-8-5-6-9-13(12)15/h3-10H,1-2H3/b4-3-,11-7+. The number of fused-ring (bicyclic) bond motifs is 1. The summed E-state index contributed by atoms with van der Waals surface area (Å²) >= 11 is 0. The molecule has 0 N–H and O–H groups in total. The molecule has 0 saturated heterocycles. The maximum absolute atomic E-state index is 4.35. The minimum absolute atomic E-state index is 1.03. The molecule has 1 aromatic carbocycles. The summed E-state index contributed by atoms with van der Waals surface area (Å²) in [4.78, 5) is 4.35. The second-order valence-electron chi connectivity index (χ2n) is 3.44. The highest BCUT2D eigenvalue weighted by molar-refractivity contribution is 5.78. The maximum atomic E-state index is 4.35. The third-order valence-electron chi connectivity index (χ3n) is 2.36. The lowest BCUT2D eigenvalue weighted by atomic mass is 10.3. The molecule has 0 atom stereocenters. The molecular formula is C13H14N2. The number of hydrogen-bond donors (Lipinski definition) is 0. The highest BCUT2D eigenvalue weighted by Gasteiger charge is 2.00. The van der Waals surface area contributed by atoms with Gasteiger partial charge in [0.2, 0.25) is 0 Å². The van der Waals surface area contributed by atoms with Gasteiger partial charge < -0.3 is 4.57 Å². The van der Waals surface area contributed by atoms with Crippen molar-refractivity contribution in [3.63, 3.8) is 0 Å². The molecule has 76 valence electrons. The van der Waals surface area contributed by atoms with Gasteiger partial charge in [-0.2, -0.15) is 0 Å². The molecule has 2 aromatic rings. The van der Waals surface area contributed by atoms with Gasteiger partial charge in [-0.05, 0) is 32.1 Å². The first kappa shape index (κ1) is 9.71. The van der Waals surface area contributed by atoms with Crippen LogP contribution in [0.4, 0.5) is 0 Å². The lowest BCUT2D eigenvalue weighted by molar-refractivity contribution is 1.11. The first-order chi connectivity index (χ1) is 7.33. The number of para-hydroxylation sites is 2. The predicted molar refractivity (Wildman–Crippen MR) is 64.5 cm³/mol. The minimum Gasteiger partial charge on any atom is -0.303 e. The topological polar surface area (TPSA) is 17.8 Å². The Labute approximate surface area is 89.6 Å². The van der Waals surface area contributed by atoms with E-state index in [4.69, 9.17) is 0 Å². The fourth-order valence-corrected chi connectivity index (χ4v) is 1.56. The van der Waals surface area contributed by atoms with Crippen LogP contribution in [0.5, 0.6) is 0 Å². The van der Waals surface area contributed by atoms with Crippen molar-refractivity contribution < 1.29 is 0 Å². The van der Waals surface area contributed by atoms with Crippen molar-refractivity contribution in [1.82, 2.24) is 9.55 Å². The number of rotatable bonds is 2. The second-order valence-corrected chi connectivity index (χ2v) is 3.44. The van der Waals surface area contributed by atoms with E-state index in [1.807, 2.05) is 43.6 Å². The van der Waals surface area contributed by atoms with Gasteiger partial charge in [0, 0.05) is 5.70 Å². The molecule has 0 bridgehead atoms. The van der Waals surface area contributed by atoms with Crippen LogP contribution >= 0.6 is 0 Å². The van der Waals surface area contributed by atoms with Crippen LogP contribution in [0, 0.1) is 0 Å². The van der Waals surface area contributed by atoms with Crippen molar-refractivity contribution in [2.24, 2.45) is 0 Å². The van der Waals surface area contributed by atoms with Gasteiger partial charge in [-0.25, -0.2) is 4.98 Å². The number of hydrogen-bond acceptors (Lipinski definition) is 1. The van der Waals surface area contributed by atoms with Gasteiger partial charge in [-0.1, -0.05) is 24.3 Å². The van der Waals surface area contributed by atoms with Crippen LogP contribution in [-0.4, -0.2) is 9.55 Å². The van der Waals surface area contributed by atoms with E-state index in [0.717, 1.165) is 11.0 Å². The van der Waals surface area contributed by atoms with Gasteiger partial charge in [0.25, 0.3) is 0 Å². The SMILES string of the molecule is C/C=C\C=C(/C)n1cnc2ccccc21. The average Bonchev–Trinajstić information content (AvgIpc) is 2.69. The normalized spacial score (nSPS) is 12.8. The van der Waals surface area contributed by atoms with Gasteiger partial charge in [0.1, 0.15) is 6.33 Å². The molecule has 2 rings (SSSR count). The van der Waals surface area contributed by atoms with Gasteiger partial charge >= 0.3 is 0 Å². The summed E-state index contributed by atoms with van der Waals surface area (Å²) in [6, 6.07) is 8.14. The van der Waals surface area contributed by atoms with Crippen LogP contribution < -0.4 is 0 Å². The number of nitrogens with zero attached hydrogens (tertiary/aromatic N) is 2. The summed E-state index contributed by atoms with van der Waals surface area (Å²) in [7, 11) is 0. The molecule has 0 aliphatic carbocycles. The fourth-order valence-electron chi connectivity index (χ4n) is 1.56. The van der Waals surface area contributed by atoms with Crippen LogP contribution in [0.1, 0.15) is 13.8 Å². The minimum atomic E-state index is 1.03. The molecule has 15 heavy (non-hydrogen) atoms. The van der Waals surface area contributed by atoms with E-state index in [2.05, 4.69) is 28.6 Å². The van der Waals surface area contributed by atoms with Crippen molar-refractivity contribution in [2.45, 2.75) is 13.8 Å². The van der Waals surface area contributed by atoms with E-state index in [-0.39, 0.29) is 0 Å². The third-order valence-corrected chi connectivity index (χ3v) is 2.36. The number of allylic oxidation sites excluding steroid dienone is 4. The van der Waals surface area contributed by atoms with Crippen molar-refractivity contribution in [1.29, 1.82) is 0 Å². The summed E-state index contributed by atoms with van der Waals surface area (Å²) in [5, 5.41) is 0. The van der Waals surface area contributed by atoms with E-state index in [1.54, 1.807) is 0 Å². The monoisotopic (exact) mass is 198 g/mol. The summed E-state index contributed by atoms with van der Waals surface area (Å²) < 4.78 is 2.09. The maximum Gasteiger partial charge on any atom is 0.100 e. The number of aromatic nitrogens is 2. The molecule has 2 heteroatoms. The zero-order valence-electron chi connectivity index (χ0n) is 9.01. The smallest absolute Gasteiger partial charge is 0.100 e. The van der Waals surface area contributed by atoms with Crippen molar-refractivity contribution in [2.75, 3.05) is 0 Å². The molecule has 0 amide bonds. The molecule has 0 aliphatic heterocycles. The zero-order valence-corrected chi connectivity index (χ0v) is 9.01. The van der Waals surface area contributed by atoms with E-state index in [9.17, 15) is 0 Å². The number of imidazole rings is 1. The highest BCUT2D eigenvalue weighted by atomic mass is 15.0. The Morgan fingerprint density at radius 2 is 2.13 bits per heavy atom. The van der Waals surface area contributed by atoms with E-state index >= 15 is 0 Å². The van der Waals surface area contributed by atoms with E-state index in [1.165, 1.54) is 5.70 Å². The lowest BCUT2D eigenvalue weighted by Crippen LogP contribution is -1.89. The van der Waals surface area contributed by atoms with Crippen LogP contribution in [0.15, 0.2) is 48.8 Å². The summed E-state index contributed by atoms with van der Waals surface area (Å²) in [5.74, 6) is 0. The van der Waals surface area contributed by atoms with Gasteiger partial charge in [0.15, 0.2) is 0 Å². The molecule has 0 radical (unpaired) electrons. The van der Waals surface area contributed by atoms with Crippen molar-refractivity contribution in [3.8, 4) is 0 Å². The Morgan fingerprint density at radius 1 is 1.33 bits per heavy atom. The predicted octanol–water partition coefficient (Wildman–Crippen LogP) is 3.47.